The Bertz CT molecular complexity index is 998. The third-order valence-electron chi connectivity index (χ3n) is 4.14. The molecule has 0 aliphatic carbocycles. The second-order valence-electron chi connectivity index (χ2n) is 5.94. The number of H-pyrrole nitrogens is 3. The SMILES string of the molecule is c1ccc2[nH]ccc2c1.c1ccc2[nH]cnc2c1.c1ccc2[nH]ncc2c1. The highest BCUT2D eigenvalue weighted by atomic mass is 15.1. The first-order valence-corrected chi connectivity index (χ1v) is 8.68. The van der Waals surface area contributed by atoms with Crippen LogP contribution in [0.15, 0.2) is 97.6 Å². The van der Waals surface area contributed by atoms with Crippen LogP contribution in [0.3, 0.4) is 0 Å². The number of para-hydroxylation sites is 4. The summed E-state index contributed by atoms with van der Waals surface area (Å²) in [7, 11) is 0. The van der Waals surface area contributed by atoms with Gasteiger partial charge < -0.3 is 9.97 Å². The Hall–Kier alpha value is -3.86. The molecule has 5 nitrogen and oxygen atoms in total. The molecular formula is C22H19N5. The minimum atomic E-state index is 1.03. The Morgan fingerprint density at radius 1 is 0.593 bits per heavy atom. The molecule has 3 aromatic carbocycles. The molecule has 5 heteroatoms. The third-order valence-corrected chi connectivity index (χ3v) is 4.14. The number of nitrogens with zero attached hydrogens (tertiary/aromatic N) is 2. The fourth-order valence-electron chi connectivity index (χ4n) is 2.76. The molecule has 0 fully saturated rings. The van der Waals surface area contributed by atoms with Crippen LogP contribution in [0.1, 0.15) is 0 Å². The number of rotatable bonds is 0. The molecule has 0 amide bonds. The van der Waals surface area contributed by atoms with Gasteiger partial charge in [-0.1, -0.05) is 48.5 Å². The van der Waals surface area contributed by atoms with Crippen LogP contribution in [0, 0.1) is 0 Å². The Labute approximate surface area is 156 Å². The predicted molar refractivity (Wildman–Crippen MR) is 110 cm³/mol. The summed E-state index contributed by atoms with van der Waals surface area (Å²) in [6, 6.07) is 26.2. The number of nitrogens with one attached hydrogen (secondary N) is 3. The highest BCUT2D eigenvalue weighted by Gasteiger charge is 1.89. The van der Waals surface area contributed by atoms with Gasteiger partial charge in [-0.2, -0.15) is 5.10 Å². The van der Waals surface area contributed by atoms with Gasteiger partial charge in [0.15, 0.2) is 0 Å². The van der Waals surface area contributed by atoms with E-state index in [-0.39, 0.29) is 0 Å². The molecule has 0 aliphatic heterocycles. The second kappa shape index (κ2) is 8.01. The van der Waals surface area contributed by atoms with Gasteiger partial charge in [0.2, 0.25) is 0 Å². The normalized spacial score (nSPS) is 10.2. The molecule has 0 radical (unpaired) electrons. The highest BCUT2D eigenvalue weighted by Crippen LogP contribution is 2.09. The van der Waals surface area contributed by atoms with E-state index in [0.717, 1.165) is 21.9 Å². The van der Waals surface area contributed by atoms with Gasteiger partial charge in [0, 0.05) is 17.1 Å². The van der Waals surface area contributed by atoms with E-state index in [1.807, 2.05) is 73.1 Å². The van der Waals surface area contributed by atoms with Crippen molar-refractivity contribution in [1.29, 1.82) is 0 Å². The molecular weight excluding hydrogens is 334 g/mol. The monoisotopic (exact) mass is 353 g/mol. The maximum Gasteiger partial charge on any atom is 0.0931 e. The average molecular weight is 353 g/mol. The quantitative estimate of drug-likeness (QED) is 0.347. The van der Waals surface area contributed by atoms with E-state index in [0.29, 0.717) is 0 Å². The summed E-state index contributed by atoms with van der Waals surface area (Å²) in [6.07, 6.45) is 5.46. The van der Waals surface area contributed by atoms with Gasteiger partial charge >= 0.3 is 0 Å². The van der Waals surface area contributed by atoms with E-state index in [1.54, 1.807) is 6.33 Å². The zero-order valence-electron chi connectivity index (χ0n) is 14.6. The van der Waals surface area contributed by atoms with Crippen LogP contribution < -0.4 is 0 Å². The van der Waals surface area contributed by atoms with Crippen molar-refractivity contribution in [3.8, 4) is 0 Å². The minimum absolute atomic E-state index is 1.03. The van der Waals surface area contributed by atoms with E-state index in [4.69, 9.17) is 0 Å². The largest absolute Gasteiger partial charge is 0.361 e. The molecule has 27 heavy (non-hydrogen) atoms. The lowest BCUT2D eigenvalue weighted by Crippen LogP contribution is -1.63. The molecule has 0 spiro atoms. The Morgan fingerprint density at radius 2 is 1.30 bits per heavy atom. The molecule has 0 saturated heterocycles. The van der Waals surface area contributed by atoms with Crippen LogP contribution in [0.4, 0.5) is 0 Å². The first kappa shape index (κ1) is 16.6. The van der Waals surface area contributed by atoms with Crippen LogP contribution in [-0.4, -0.2) is 25.1 Å². The molecule has 0 aliphatic rings. The lowest BCUT2D eigenvalue weighted by molar-refractivity contribution is 1.12. The molecule has 132 valence electrons. The summed E-state index contributed by atoms with van der Waals surface area (Å²) in [6.45, 7) is 0. The van der Waals surface area contributed by atoms with E-state index in [9.17, 15) is 0 Å². The van der Waals surface area contributed by atoms with Gasteiger partial charge in [0.05, 0.1) is 29.1 Å². The van der Waals surface area contributed by atoms with E-state index < -0.39 is 0 Å². The van der Waals surface area contributed by atoms with Gasteiger partial charge in [0.25, 0.3) is 0 Å². The molecule has 0 atom stereocenters. The number of hydrogen-bond donors (Lipinski definition) is 3. The zero-order chi connectivity index (χ0) is 18.3. The fourth-order valence-corrected chi connectivity index (χ4v) is 2.76. The number of aromatic nitrogens is 5. The number of aromatic amines is 3. The van der Waals surface area contributed by atoms with Crippen molar-refractivity contribution in [2.75, 3.05) is 0 Å². The Kier molecular flexibility index (Phi) is 4.93. The molecule has 0 bridgehead atoms. The molecule has 3 heterocycles. The van der Waals surface area contributed by atoms with Crippen LogP contribution in [0.25, 0.3) is 32.8 Å². The first-order valence-electron chi connectivity index (χ1n) is 8.68. The lowest BCUT2D eigenvalue weighted by Gasteiger charge is -1.83. The van der Waals surface area contributed by atoms with E-state index in [2.05, 4.69) is 43.3 Å². The summed E-state index contributed by atoms with van der Waals surface area (Å²) < 4.78 is 0. The van der Waals surface area contributed by atoms with Crippen molar-refractivity contribution in [1.82, 2.24) is 25.1 Å². The summed E-state index contributed by atoms with van der Waals surface area (Å²) in [5, 5.41) is 9.19. The number of fused-ring (bicyclic) bond motifs is 3. The van der Waals surface area contributed by atoms with Gasteiger partial charge in [-0.3, -0.25) is 5.10 Å². The Morgan fingerprint density at radius 3 is 2.07 bits per heavy atom. The number of hydrogen-bond acceptors (Lipinski definition) is 2. The molecule has 6 aromatic rings. The molecule has 0 saturated carbocycles. The topological polar surface area (TPSA) is 73.2 Å². The van der Waals surface area contributed by atoms with Gasteiger partial charge in [-0.25, -0.2) is 4.98 Å². The average Bonchev–Trinajstić information content (AvgIpc) is 3.48. The predicted octanol–water partition coefficient (Wildman–Crippen LogP) is 5.29. The van der Waals surface area contributed by atoms with Crippen molar-refractivity contribution < 1.29 is 0 Å². The molecule has 3 N–H and O–H groups in total. The summed E-state index contributed by atoms with van der Waals surface area (Å²) in [5.41, 5.74) is 4.42. The van der Waals surface area contributed by atoms with Crippen molar-refractivity contribution in [2.24, 2.45) is 0 Å². The van der Waals surface area contributed by atoms with Crippen LogP contribution in [0.2, 0.25) is 0 Å². The number of benzene rings is 3. The van der Waals surface area contributed by atoms with E-state index in [1.165, 1.54) is 10.9 Å². The lowest BCUT2D eigenvalue weighted by atomic mass is 10.3. The summed E-state index contributed by atoms with van der Waals surface area (Å²) in [5.74, 6) is 0. The Balaban J connectivity index is 0.0000001000. The maximum atomic E-state index is 4.06. The molecule has 6 rings (SSSR count). The minimum Gasteiger partial charge on any atom is -0.361 e. The fraction of sp³-hybridized carbons (Fsp3) is 0. The van der Waals surface area contributed by atoms with Crippen molar-refractivity contribution in [2.45, 2.75) is 0 Å². The van der Waals surface area contributed by atoms with Crippen molar-refractivity contribution in [3.63, 3.8) is 0 Å². The smallest absolute Gasteiger partial charge is 0.0931 e. The molecule has 0 unspecified atom stereocenters. The van der Waals surface area contributed by atoms with Gasteiger partial charge in [-0.15, -0.1) is 0 Å². The summed E-state index contributed by atoms with van der Waals surface area (Å²) in [4.78, 5) is 10.2. The van der Waals surface area contributed by atoms with Crippen LogP contribution in [-0.2, 0) is 0 Å². The summed E-state index contributed by atoms with van der Waals surface area (Å²) >= 11 is 0. The highest BCUT2D eigenvalue weighted by molar-refractivity contribution is 5.79. The van der Waals surface area contributed by atoms with Crippen LogP contribution >= 0.6 is 0 Å². The second-order valence-corrected chi connectivity index (χ2v) is 5.94. The van der Waals surface area contributed by atoms with Crippen molar-refractivity contribution >= 4 is 32.8 Å². The zero-order valence-corrected chi connectivity index (χ0v) is 14.6. The number of imidazole rings is 1. The van der Waals surface area contributed by atoms with E-state index >= 15 is 0 Å². The van der Waals surface area contributed by atoms with Crippen molar-refractivity contribution in [3.05, 3.63) is 97.6 Å². The van der Waals surface area contributed by atoms with Gasteiger partial charge in [0.1, 0.15) is 0 Å². The van der Waals surface area contributed by atoms with Gasteiger partial charge in [-0.05, 0) is 35.7 Å². The third kappa shape index (κ3) is 4.04. The first-order chi connectivity index (χ1) is 13.4. The molecule has 3 aromatic heterocycles. The standard InChI is InChI=1S/C8H7N.2C7H6N2/c1-2-4-8-7(3-1)5-6-9-8;1-2-4-7-6(3-1)8-5-9-7;1-2-4-7-6(3-1)5-8-9-7/h1-6,9H;2*1-5H,(H,8,9). The van der Waals surface area contributed by atoms with Crippen LogP contribution in [0.5, 0.6) is 0 Å². The maximum absolute atomic E-state index is 4.06.